The molecule has 1 atom stereocenters. The van der Waals surface area contributed by atoms with Crippen molar-refractivity contribution in [2.75, 3.05) is 13.2 Å². The van der Waals surface area contributed by atoms with Crippen LogP contribution in [-0.2, 0) is 9.53 Å². The van der Waals surface area contributed by atoms with E-state index < -0.39 is 5.97 Å². The van der Waals surface area contributed by atoms with E-state index in [1.165, 1.54) is 6.42 Å². The molecule has 0 aromatic carbocycles. The van der Waals surface area contributed by atoms with Gasteiger partial charge in [-0.3, -0.25) is 4.79 Å². The Hall–Kier alpha value is -0.570. The SMILES string of the molecule is O=C(O)C1CCCCC12CCOCC2. The molecule has 0 bridgehead atoms. The predicted octanol–water partition coefficient (Wildman–Crippen LogP) is 2.06. The fourth-order valence-corrected chi connectivity index (χ4v) is 3.07. The van der Waals surface area contributed by atoms with Crippen molar-refractivity contribution in [2.24, 2.45) is 11.3 Å². The Bertz CT molecular complexity index is 210. The highest BCUT2D eigenvalue weighted by Gasteiger charge is 2.45. The average Bonchev–Trinajstić information content (AvgIpc) is 2.19. The van der Waals surface area contributed by atoms with Gasteiger partial charge in [0.05, 0.1) is 5.92 Å². The van der Waals surface area contributed by atoms with Crippen LogP contribution in [-0.4, -0.2) is 24.3 Å². The Morgan fingerprint density at radius 2 is 1.93 bits per heavy atom. The van der Waals surface area contributed by atoms with E-state index in [2.05, 4.69) is 0 Å². The molecule has 14 heavy (non-hydrogen) atoms. The number of carbonyl (C=O) groups is 1. The maximum Gasteiger partial charge on any atom is 0.307 e. The van der Waals surface area contributed by atoms with Crippen LogP contribution in [0, 0.1) is 11.3 Å². The van der Waals surface area contributed by atoms with Gasteiger partial charge in [0.1, 0.15) is 0 Å². The number of hydrogen-bond acceptors (Lipinski definition) is 2. The van der Waals surface area contributed by atoms with Crippen molar-refractivity contribution in [1.82, 2.24) is 0 Å². The molecular formula is C11H18O3. The third-order valence-electron chi connectivity index (χ3n) is 3.94. The predicted molar refractivity (Wildman–Crippen MR) is 52.1 cm³/mol. The largest absolute Gasteiger partial charge is 0.481 e. The standard InChI is InChI=1S/C11H18O3/c12-10(13)9-3-1-2-4-11(9)5-7-14-8-6-11/h9H,1-8H2,(H,12,13). The van der Waals surface area contributed by atoms with Crippen molar-refractivity contribution in [3.05, 3.63) is 0 Å². The molecule has 1 aliphatic heterocycles. The van der Waals surface area contributed by atoms with Crippen LogP contribution in [0.1, 0.15) is 38.5 Å². The molecule has 0 aromatic rings. The topological polar surface area (TPSA) is 46.5 Å². The fraction of sp³-hybridized carbons (Fsp3) is 0.909. The quantitative estimate of drug-likeness (QED) is 0.701. The molecule has 1 unspecified atom stereocenters. The normalized spacial score (nSPS) is 31.6. The molecular weight excluding hydrogens is 180 g/mol. The zero-order chi connectivity index (χ0) is 10.0. The van der Waals surface area contributed by atoms with Gasteiger partial charge in [-0.1, -0.05) is 12.8 Å². The minimum atomic E-state index is -0.591. The summed E-state index contributed by atoms with van der Waals surface area (Å²) in [5.74, 6) is -0.702. The number of ether oxygens (including phenoxy) is 1. The zero-order valence-electron chi connectivity index (χ0n) is 8.50. The highest BCUT2D eigenvalue weighted by Crippen LogP contribution is 2.48. The first-order valence-electron chi connectivity index (χ1n) is 5.55. The number of rotatable bonds is 1. The highest BCUT2D eigenvalue weighted by atomic mass is 16.5. The number of aliphatic carboxylic acids is 1. The second-order valence-corrected chi connectivity index (χ2v) is 4.61. The van der Waals surface area contributed by atoms with Gasteiger partial charge in [-0.25, -0.2) is 0 Å². The van der Waals surface area contributed by atoms with Crippen molar-refractivity contribution >= 4 is 5.97 Å². The fourth-order valence-electron chi connectivity index (χ4n) is 3.07. The van der Waals surface area contributed by atoms with Crippen LogP contribution in [0.25, 0.3) is 0 Å². The summed E-state index contributed by atoms with van der Waals surface area (Å²) < 4.78 is 5.33. The van der Waals surface area contributed by atoms with E-state index in [1.807, 2.05) is 0 Å². The number of carboxylic acid groups (broad SMARTS) is 1. The first-order valence-corrected chi connectivity index (χ1v) is 5.55. The Labute approximate surface area is 84.4 Å². The molecule has 0 radical (unpaired) electrons. The first-order chi connectivity index (χ1) is 6.75. The van der Waals surface area contributed by atoms with Gasteiger partial charge in [0.2, 0.25) is 0 Å². The summed E-state index contributed by atoms with van der Waals surface area (Å²) >= 11 is 0. The Morgan fingerprint density at radius 1 is 1.21 bits per heavy atom. The molecule has 1 heterocycles. The summed E-state index contributed by atoms with van der Waals surface area (Å²) in [5, 5.41) is 9.21. The summed E-state index contributed by atoms with van der Waals surface area (Å²) in [6.07, 6.45) is 6.14. The van der Waals surface area contributed by atoms with Crippen molar-refractivity contribution < 1.29 is 14.6 Å². The van der Waals surface area contributed by atoms with Gasteiger partial charge in [0.25, 0.3) is 0 Å². The molecule has 1 saturated heterocycles. The van der Waals surface area contributed by atoms with E-state index in [-0.39, 0.29) is 11.3 Å². The van der Waals surface area contributed by atoms with Crippen molar-refractivity contribution in [2.45, 2.75) is 38.5 Å². The van der Waals surface area contributed by atoms with Gasteiger partial charge in [-0.2, -0.15) is 0 Å². The molecule has 3 heteroatoms. The average molecular weight is 198 g/mol. The lowest BCUT2D eigenvalue weighted by molar-refractivity contribution is -0.153. The molecule has 1 aliphatic carbocycles. The minimum Gasteiger partial charge on any atom is -0.481 e. The maximum atomic E-state index is 11.2. The Kier molecular flexibility index (Phi) is 2.77. The van der Waals surface area contributed by atoms with Gasteiger partial charge < -0.3 is 9.84 Å². The van der Waals surface area contributed by atoms with E-state index in [0.29, 0.717) is 0 Å². The lowest BCUT2D eigenvalue weighted by atomic mass is 9.62. The number of carboxylic acids is 1. The van der Waals surface area contributed by atoms with Gasteiger partial charge in [0, 0.05) is 13.2 Å². The molecule has 1 N–H and O–H groups in total. The molecule has 2 fully saturated rings. The van der Waals surface area contributed by atoms with Gasteiger partial charge in [-0.05, 0) is 31.1 Å². The summed E-state index contributed by atoms with van der Waals surface area (Å²) in [7, 11) is 0. The van der Waals surface area contributed by atoms with Crippen LogP contribution in [0.5, 0.6) is 0 Å². The van der Waals surface area contributed by atoms with Crippen molar-refractivity contribution in [3.63, 3.8) is 0 Å². The van der Waals surface area contributed by atoms with E-state index in [1.54, 1.807) is 0 Å². The summed E-state index contributed by atoms with van der Waals surface area (Å²) in [6, 6.07) is 0. The van der Waals surface area contributed by atoms with E-state index in [4.69, 9.17) is 4.74 Å². The molecule has 1 saturated carbocycles. The Balaban J connectivity index is 2.14. The van der Waals surface area contributed by atoms with Gasteiger partial charge in [-0.15, -0.1) is 0 Å². The smallest absolute Gasteiger partial charge is 0.307 e. The van der Waals surface area contributed by atoms with Crippen molar-refractivity contribution in [1.29, 1.82) is 0 Å². The maximum absolute atomic E-state index is 11.2. The van der Waals surface area contributed by atoms with Gasteiger partial charge in [0.15, 0.2) is 0 Å². The lowest BCUT2D eigenvalue weighted by Gasteiger charge is -2.44. The van der Waals surface area contributed by atoms with Gasteiger partial charge >= 0.3 is 5.97 Å². The van der Waals surface area contributed by atoms with Crippen LogP contribution in [0.15, 0.2) is 0 Å². The van der Waals surface area contributed by atoms with Crippen LogP contribution in [0.4, 0.5) is 0 Å². The van der Waals surface area contributed by atoms with Crippen LogP contribution in [0.3, 0.4) is 0 Å². The van der Waals surface area contributed by atoms with Crippen LogP contribution < -0.4 is 0 Å². The second-order valence-electron chi connectivity index (χ2n) is 4.61. The summed E-state index contributed by atoms with van der Waals surface area (Å²) in [6.45, 7) is 1.51. The van der Waals surface area contributed by atoms with E-state index in [9.17, 15) is 9.90 Å². The zero-order valence-corrected chi connectivity index (χ0v) is 8.50. The molecule has 3 nitrogen and oxygen atoms in total. The van der Waals surface area contributed by atoms with Crippen LogP contribution in [0.2, 0.25) is 0 Å². The highest BCUT2D eigenvalue weighted by molar-refractivity contribution is 5.71. The Morgan fingerprint density at radius 3 is 2.57 bits per heavy atom. The molecule has 0 aromatic heterocycles. The number of hydrogen-bond donors (Lipinski definition) is 1. The summed E-state index contributed by atoms with van der Waals surface area (Å²) in [4.78, 5) is 11.2. The monoisotopic (exact) mass is 198 g/mol. The molecule has 2 aliphatic rings. The second kappa shape index (κ2) is 3.89. The third kappa shape index (κ3) is 1.65. The summed E-state index contributed by atoms with van der Waals surface area (Å²) in [5.41, 5.74) is 0.0718. The lowest BCUT2D eigenvalue weighted by Crippen LogP contribution is -2.42. The van der Waals surface area contributed by atoms with Crippen LogP contribution >= 0.6 is 0 Å². The van der Waals surface area contributed by atoms with E-state index in [0.717, 1.165) is 45.3 Å². The first kappa shape index (κ1) is 9.97. The molecule has 1 spiro atoms. The molecule has 2 rings (SSSR count). The molecule has 0 amide bonds. The molecule has 80 valence electrons. The van der Waals surface area contributed by atoms with E-state index >= 15 is 0 Å². The minimum absolute atomic E-state index is 0.0718. The van der Waals surface area contributed by atoms with Crippen molar-refractivity contribution in [3.8, 4) is 0 Å². The third-order valence-corrected chi connectivity index (χ3v) is 3.94.